The molecular formula is C4H9NO. The fraction of sp³-hybridized carbons (Fsp3) is 0.750. The van der Waals surface area contributed by atoms with Gasteiger partial charge in [-0.3, -0.25) is 0 Å². The molecule has 1 fully saturated rings. The summed E-state index contributed by atoms with van der Waals surface area (Å²) in [5.74, 6) is 0. The first-order valence-electron chi connectivity index (χ1n) is 2.14. The Bertz CT molecular complexity index is 40.1. The van der Waals surface area contributed by atoms with Crippen molar-refractivity contribution in [1.29, 1.82) is 0 Å². The van der Waals surface area contributed by atoms with E-state index in [9.17, 15) is 0 Å². The first kappa shape index (κ1) is 4.09. The Balaban J connectivity index is 2.01. The first-order valence-corrected chi connectivity index (χ1v) is 2.14. The highest BCUT2D eigenvalue weighted by Gasteiger charge is 2.15. The lowest BCUT2D eigenvalue weighted by molar-refractivity contribution is -0.656. The van der Waals surface area contributed by atoms with Gasteiger partial charge in [0.1, 0.15) is 6.04 Å². The Kier molecular flexibility index (Phi) is 1.08. The predicted octanol–water partition coefficient (Wildman–Crippen LogP) is -1.26. The molecule has 1 heterocycles. The molecular weight excluding hydrogens is 78.0 g/mol. The minimum absolute atomic E-state index is 0.657. The van der Waals surface area contributed by atoms with Gasteiger partial charge in [-0.05, 0) is 0 Å². The lowest BCUT2D eigenvalue weighted by Crippen LogP contribution is -2.89. The van der Waals surface area contributed by atoms with Crippen molar-refractivity contribution in [2.45, 2.75) is 6.04 Å². The second kappa shape index (κ2) is 1.58. The van der Waals surface area contributed by atoms with E-state index in [4.69, 9.17) is 4.74 Å². The van der Waals surface area contributed by atoms with E-state index < -0.39 is 0 Å². The SMILES string of the molecule is [CH2-][NH2+]C1COC1. The summed E-state index contributed by atoms with van der Waals surface area (Å²) < 4.78 is 4.85. The third-order valence-corrected chi connectivity index (χ3v) is 0.997. The Morgan fingerprint density at radius 3 is 2.33 bits per heavy atom. The summed E-state index contributed by atoms with van der Waals surface area (Å²) in [5.41, 5.74) is 0. The van der Waals surface area contributed by atoms with Crippen molar-refractivity contribution in [3.63, 3.8) is 0 Å². The topological polar surface area (TPSA) is 25.8 Å². The molecule has 0 unspecified atom stereocenters. The maximum absolute atomic E-state index is 4.85. The van der Waals surface area contributed by atoms with Gasteiger partial charge in [0.25, 0.3) is 0 Å². The zero-order valence-electron chi connectivity index (χ0n) is 3.68. The van der Waals surface area contributed by atoms with E-state index in [0.29, 0.717) is 6.04 Å². The van der Waals surface area contributed by atoms with E-state index in [1.165, 1.54) is 0 Å². The molecule has 0 saturated carbocycles. The molecule has 0 aromatic carbocycles. The standard InChI is InChI=1S/C4H9NO/c1-5-4-2-6-3-4/h4H,1-3,5H2. The molecule has 1 aliphatic rings. The Morgan fingerprint density at radius 1 is 1.67 bits per heavy atom. The number of ether oxygens (including phenoxy) is 1. The zero-order chi connectivity index (χ0) is 4.41. The van der Waals surface area contributed by atoms with E-state index >= 15 is 0 Å². The summed E-state index contributed by atoms with van der Waals surface area (Å²) in [6.07, 6.45) is 0. The number of hydrogen-bond acceptors (Lipinski definition) is 1. The molecule has 0 spiro atoms. The van der Waals surface area contributed by atoms with Crippen molar-refractivity contribution >= 4 is 0 Å². The molecule has 0 aromatic rings. The molecule has 1 aliphatic heterocycles. The molecule has 0 atom stereocenters. The van der Waals surface area contributed by atoms with Gasteiger partial charge in [0.2, 0.25) is 0 Å². The van der Waals surface area contributed by atoms with E-state index in [2.05, 4.69) is 7.05 Å². The third kappa shape index (κ3) is 0.533. The highest BCUT2D eigenvalue weighted by molar-refractivity contribution is 4.58. The van der Waals surface area contributed by atoms with Gasteiger partial charge in [-0.25, -0.2) is 0 Å². The van der Waals surface area contributed by atoms with Crippen LogP contribution in [-0.2, 0) is 4.74 Å². The molecule has 1 saturated heterocycles. The lowest BCUT2D eigenvalue weighted by atomic mass is 10.3. The van der Waals surface area contributed by atoms with Crippen molar-refractivity contribution in [2.75, 3.05) is 13.2 Å². The Hall–Kier alpha value is -0.0800. The van der Waals surface area contributed by atoms with Gasteiger partial charge in [-0.15, -0.1) is 0 Å². The van der Waals surface area contributed by atoms with Crippen LogP contribution >= 0.6 is 0 Å². The van der Waals surface area contributed by atoms with E-state index in [0.717, 1.165) is 13.2 Å². The van der Waals surface area contributed by atoms with Crippen LogP contribution in [0.3, 0.4) is 0 Å². The monoisotopic (exact) mass is 87.1 g/mol. The molecule has 0 aliphatic carbocycles. The van der Waals surface area contributed by atoms with Crippen LogP contribution in [-0.4, -0.2) is 19.3 Å². The summed E-state index contributed by atoms with van der Waals surface area (Å²) in [5, 5.41) is 1.93. The van der Waals surface area contributed by atoms with Gasteiger partial charge in [-0.2, -0.15) is 7.05 Å². The van der Waals surface area contributed by atoms with Crippen molar-refractivity contribution < 1.29 is 10.1 Å². The van der Waals surface area contributed by atoms with Crippen LogP contribution in [0.25, 0.3) is 0 Å². The predicted molar refractivity (Wildman–Crippen MR) is 21.9 cm³/mol. The van der Waals surface area contributed by atoms with Crippen LogP contribution in [0.1, 0.15) is 0 Å². The van der Waals surface area contributed by atoms with Crippen LogP contribution in [0.5, 0.6) is 0 Å². The summed E-state index contributed by atoms with van der Waals surface area (Å²) in [6, 6.07) is 0.657. The zero-order valence-corrected chi connectivity index (χ0v) is 3.68. The van der Waals surface area contributed by atoms with Crippen LogP contribution in [0.15, 0.2) is 0 Å². The largest absolute Gasteiger partial charge is 0.473 e. The minimum Gasteiger partial charge on any atom is -0.473 e. The highest BCUT2D eigenvalue weighted by atomic mass is 16.5. The molecule has 2 nitrogen and oxygen atoms in total. The summed E-state index contributed by atoms with van der Waals surface area (Å²) >= 11 is 0. The van der Waals surface area contributed by atoms with Crippen LogP contribution < -0.4 is 5.32 Å². The molecule has 1 rings (SSSR count). The summed E-state index contributed by atoms with van der Waals surface area (Å²) in [7, 11) is 3.60. The molecule has 0 aromatic heterocycles. The van der Waals surface area contributed by atoms with E-state index in [-0.39, 0.29) is 0 Å². The van der Waals surface area contributed by atoms with Gasteiger partial charge in [0, 0.05) is 0 Å². The van der Waals surface area contributed by atoms with Crippen molar-refractivity contribution in [3.8, 4) is 0 Å². The fourth-order valence-corrected chi connectivity index (χ4v) is 0.390. The summed E-state index contributed by atoms with van der Waals surface area (Å²) in [6.45, 7) is 1.78. The van der Waals surface area contributed by atoms with Crippen LogP contribution in [0.2, 0.25) is 0 Å². The van der Waals surface area contributed by atoms with Gasteiger partial charge >= 0.3 is 0 Å². The number of rotatable bonds is 1. The molecule has 36 valence electrons. The first-order chi connectivity index (χ1) is 2.93. The normalized spacial score (nSPS) is 23.5. The maximum atomic E-state index is 4.85. The molecule has 0 amide bonds. The fourth-order valence-electron chi connectivity index (χ4n) is 0.390. The number of nitrogens with two attached hydrogens (primary N) is 1. The molecule has 0 bridgehead atoms. The average Bonchev–Trinajstić information content (AvgIpc) is 1.31. The number of hydrogen-bond donors (Lipinski definition) is 1. The molecule has 0 radical (unpaired) electrons. The van der Waals surface area contributed by atoms with Gasteiger partial charge in [0.15, 0.2) is 0 Å². The smallest absolute Gasteiger partial charge is 0.109 e. The van der Waals surface area contributed by atoms with E-state index in [1.807, 2.05) is 5.32 Å². The Morgan fingerprint density at radius 2 is 2.33 bits per heavy atom. The van der Waals surface area contributed by atoms with E-state index in [1.54, 1.807) is 0 Å². The average molecular weight is 87.1 g/mol. The summed E-state index contributed by atoms with van der Waals surface area (Å²) in [4.78, 5) is 0. The van der Waals surface area contributed by atoms with Crippen LogP contribution in [0, 0.1) is 7.05 Å². The second-order valence-electron chi connectivity index (χ2n) is 1.53. The molecule has 2 N–H and O–H groups in total. The molecule has 2 heteroatoms. The molecule has 6 heavy (non-hydrogen) atoms. The van der Waals surface area contributed by atoms with Crippen LogP contribution in [0.4, 0.5) is 0 Å². The number of quaternary nitrogens is 1. The van der Waals surface area contributed by atoms with Gasteiger partial charge in [-0.1, -0.05) is 0 Å². The van der Waals surface area contributed by atoms with Crippen molar-refractivity contribution in [3.05, 3.63) is 7.05 Å². The minimum atomic E-state index is 0.657. The second-order valence-corrected chi connectivity index (χ2v) is 1.53. The van der Waals surface area contributed by atoms with Crippen molar-refractivity contribution in [2.24, 2.45) is 0 Å². The van der Waals surface area contributed by atoms with Crippen molar-refractivity contribution in [1.82, 2.24) is 0 Å². The van der Waals surface area contributed by atoms with Gasteiger partial charge in [0.05, 0.1) is 13.2 Å². The highest BCUT2D eigenvalue weighted by Crippen LogP contribution is 1.91. The lowest BCUT2D eigenvalue weighted by Gasteiger charge is -2.24. The maximum Gasteiger partial charge on any atom is 0.109 e. The Labute approximate surface area is 37.5 Å². The van der Waals surface area contributed by atoms with Gasteiger partial charge < -0.3 is 10.1 Å². The quantitative estimate of drug-likeness (QED) is 0.397. The third-order valence-electron chi connectivity index (χ3n) is 0.997.